The van der Waals surface area contributed by atoms with Gasteiger partial charge >= 0.3 is 0 Å². The van der Waals surface area contributed by atoms with Crippen LogP contribution in [0.2, 0.25) is 0 Å². The lowest BCUT2D eigenvalue weighted by Crippen LogP contribution is -2.31. The van der Waals surface area contributed by atoms with Crippen molar-refractivity contribution in [1.82, 2.24) is 10.2 Å². The largest absolute Gasteiger partial charge is 0.285 e. The fraction of sp³-hybridized carbons (Fsp3) is 0.500. The van der Waals surface area contributed by atoms with Crippen molar-refractivity contribution in [2.75, 3.05) is 0 Å². The van der Waals surface area contributed by atoms with Crippen molar-refractivity contribution >= 4 is 0 Å². The van der Waals surface area contributed by atoms with Crippen LogP contribution in [0.15, 0.2) is 12.4 Å². The van der Waals surface area contributed by atoms with E-state index in [1.54, 1.807) is 6.20 Å². The van der Waals surface area contributed by atoms with Crippen LogP contribution in [0, 0.1) is 11.3 Å². The molecule has 0 amide bonds. The van der Waals surface area contributed by atoms with E-state index in [0.29, 0.717) is 0 Å². The lowest BCUT2D eigenvalue weighted by atomic mass is 9.66. The van der Waals surface area contributed by atoms with E-state index in [4.69, 9.17) is 5.26 Å². The Morgan fingerprint density at radius 1 is 1.64 bits per heavy atom. The number of nitrogens with one attached hydrogen (secondary N) is 1. The second kappa shape index (κ2) is 2.09. The number of aromatic amines is 1. The molecule has 0 spiro atoms. The van der Waals surface area contributed by atoms with E-state index in [1.165, 1.54) is 6.42 Å². The van der Waals surface area contributed by atoms with Gasteiger partial charge in [0.1, 0.15) is 0 Å². The second-order valence-corrected chi connectivity index (χ2v) is 3.03. The highest BCUT2D eigenvalue weighted by atomic mass is 15.1. The number of nitriles is 1. The molecule has 1 fully saturated rings. The molecule has 0 atom stereocenters. The first-order valence-corrected chi connectivity index (χ1v) is 3.78. The minimum atomic E-state index is -0.201. The first kappa shape index (κ1) is 6.41. The van der Waals surface area contributed by atoms with Gasteiger partial charge in [0.05, 0.1) is 17.7 Å². The summed E-state index contributed by atoms with van der Waals surface area (Å²) in [4.78, 5) is 0. The molecule has 1 heterocycles. The Labute approximate surface area is 65.0 Å². The quantitative estimate of drug-likeness (QED) is 0.652. The lowest BCUT2D eigenvalue weighted by molar-refractivity contribution is 0.324. The predicted octanol–water partition coefficient (Wildman–Crippen LogP) is 1.35. The molecule has 1 aliphatic carbocycles. The van der Waals surface area contributed by atoms with Crippen LogP contribution >= 0.6 is 0 Å². The normalized spacial score (nSPS) is 20.3. The highest BCUT2D eigenvalue weighted by molar-refractivity contribution is 5.31. The molecule has 0 radical (unpaired) electrons. The molecule has 56 valence electrons. The lowest BCUT2D eigenvalue weighted by Gasteiger charge is -2.33. The summed E-state index contributed by atoms with van der Waals surface area (Å²) in [6, 6.07) is 2.36. The van der Waals surface area contributed by atoms with Crippen LogP contribution < -0.4 is 0 Å². The summed E-state index contributed by atoms with van der Waals surface area (Å²) in [7, 11) is 0. The minimum Gasteiger partial charge on any atom is -0.285 e. The SMILES string of the molecule is N#CC1(c2cn[nH]c2)CCC1. The van der Waals surface area contributed by atoms with Crippen molar-refractivity contribution in [2.45, 2.75) is 24.7 Å². The Balaban J connectivity index is 2.34. The van der Waals surface area contributed by atoms with Gasteiger partial charge in [0.25, 0.3) is 0 Å². The first-order chi connectivity index (χ1) is 5.37. The summed E-state index contributed by atoms with van der Waals surface area (Å²) in [6.07, 6.45) is 6.72. The Hall–Kier alpha value is -1.30. The number of nitrogens with zero attached hydrogens (tertiary/aromatic N) is 2. The maximum absolute atomic E-state index is 8.92. The molecule has 1 aromatic rings. The molecule has 3 heteroatoms. The zero-order valence-corrected chi connectivity index (χ0v) is 6.17. The Morgan fingerprint density at radius 2 is 2.45 bits per heavy atom. The fourth-order valence-corrected chi connectivity index (χ4v) is 1.51. The summed E-state index contributed by atoms with van der Waals surface area (Å²) in [6.45, 7) is 0. The van der Waals surface area contributed by atoms with Gasteiger partial charge in [-0.15, -0.1) is 0 Å². The highest BCUT2D eigenvalue weighted by Gasteiger charge is 2.39. The Kier molecular flexibility index (Phi) is 1.22. The number of H-pyrrole nitrogens is 1. The molecule has 1 N–H and O–H groups in total. The third-order valence-electron chi connectivity index (χ3n) is 2.47. The number of aromatic nitrogens is 2. The molecule has 1 aromatic heterocycles. The van der Waals surface area contributed by atoms with Crippen molar-refractivity contribution < 1.29 is 0 Å². The first-order valence-electron chi connectivity index (χ1n) is 3.78. The van der Waals surface area contributed by atoms with E-state index >= 15 is 0 Å². The molecule has 0 unspecified atom stereocenters. The molecule has 0 bridgehead atoms. The highest BCUT2D eigenvalue weighted by Crippen LogP contribution is 2.42. The Morgan fingerprint density at radius 3 is 2.82 bits per heavy atom. The molecule has 1 saturated carbocycles. The number of rotatable bonds is 1. The van der Waals surface area contributed by atoms with E-state index in [9.17, 15) is 0 Å². The molecule has 3 nitrogen and oxygen atoms in total. The zero-order chi connectivity index (χ0) is 7.73. The molecule has 1 aliphatic rings. The summed E-state index contributed by atoms with van der Waals surface area (Å²) < 4.78 is 0. The monoisotopic (exact) mass is 147 g/mol. The molecular formula is C8H9N3. The van der Waals surface area contributed by atoms with E-state index in [0.717, 1.165) is 18.4 Å². The van der Waals surface area contributed by atoms with Gasteiger partial charge in [-0.1, -0.05) is 0 Å². The molecule has 0 aromatic carbocycles. The molecule has 0 aliphatic heterocycles. The molecule has 2 rings (SSSR count). The van der Waals surface area contributed by atoms with Crippen LogP contribution in [0.3, 0.4) is 0 Å². The maximum atomic E-state index is 8.92. The van der Waals surface area contributed by atoms with Crippen LogP contribution in [0.1, 0.15) is 24.8 Å². The van der Waals surface area contributed by atoms with E-state index in [1.807, 2.05) is 6.20 Å². The average molecular weight is 147 g/mol. The standard InChI is InChI=1S/C8H9N3/c9-6-8(2-1-3-8)7-4-10-11-5-7/h4-5H,1-3H2,(H,10,11). The van der Waals surface area contributed by atoms with E-state index < -0.39 is 0 Å². The number of hydrogen-bond acceptors (Lipinski definition) is 2. The smallest absolute Gasteiger partial charge is 0.0852 e. The maximum Gasteiger partial charge on any atom is 0.0852 e. The van der Waals surface area contributed by atoms with Gasteiger partial charge in [0.2, 0.25) is 0 Å². The summed E-state index contributed by atoms with van der Waals surface area (Å²) in [5, 5.41) is 15.5. The summed E-state index contributed by atoms with van der Waals surface area (Å²) >= 11 is 0. The number of hydrogen-bond donors (Lipinski definition) is 1. The van der Waals surface area contributed by atoms with Gasteiger partial charge in [0.15, 0.2) is 0 Å². The van der Waals surface area contributed by atoms with Crippen molar-refractivity contribution in [3.63, 3.8) is 0 Å². The van der Waals surface area contributed by atoms with Crippen molar-refractivity contribution in [1.29, 1.82) is 5.26 Å². The Bertz CT molecular complexity index is 277. The fourth-order valence-electron chi connectivity index (χ4n) is 1.51. The van der Waals surface area contributed by atoms with E-state index in [2.05, 4.69) is 16.3 Å². The van der Waals surface area contributed by atoms with Crippen LogP contribution in [-0.4, -0.2) is 10.2 Å². The van der Waals surface area contributed by atoms with Crippen LogP contribution in [0.5, 0.6) is 0 Å². The van der Waals surface area contributed by atoms with E-state index in [-0.39, 0.29) is 5.41 Å². The van der Waals surface area contributed by atoms with Gasteiger partial charge in [-0.3, -0.25) is 5.10 Å². The third kappa shape index (κ3) is 0.758. The molecule has 0 saturated heterocycles. The van der Waals surface area contributed by atoms with Gasteiger partial charge in [-0.05, 0) is 19.3 Å². The second-order valence-electron chi connectivity index (χ2n) is 3.03. The van der Waals surface area contributed by atoms with Crippen molar-refractivity contribution in [2.24, 2.45) is 0 Å². The van der Waals surface area contributed by atoms with Gasteiger partial charge in [-0.2, -0.15) is 10.4 Å². The summed E-state index contributed by atoms with van der Waals surface area (Å²) in [5.41, 5.74) is 0.846. The average Bonchev–Trinajstić information content (AvgIpc) is 2.39. The topological polar surface area (TPSA) is 52.5 Å². The van der Waals surface area contributed by atoms with Gasteiger partial charge in [0, 0.05) is 11.8 Å². The molecular weight excluding hydrogens is 138 g/mol. The predicted molar refractivity (Wildman–Crippen MR) is 39.7 cm³/mol. The van der Waals surface area contributed by atoms with Crippen molar-refractivity contribution in [3.8, 4) is 6.07 Å². The summed E-state index contributed by atoms with van der Waals surface area (Å²) in [5.74, 6) is 0. The van der Waals surface area contributed by atoms with Crippen LogP contribution in [0.4, 0.5) is 0 Å². The zero-order valence-electron chi connectivity index (χ0n) is 6.17. The third-order valence-corrected chi connectivity index (χ3v) is 2.47. The van der Waals surface area contributed by atoms with Crippen molar-refractivity contribution in [3.05, 3.63) is 18.0 Å². The molecule has 11 heavy (non-hydrogen) atoms. The van der Waals surface area contributed by atoms with Crippen LogP contribution in [0.25, 0.3) is 0 Å². The van der Waals surface area contributed by atoms with Gasteiger partial charge < -0.3 is 0 Å². The minimum absolute atomic E-state index is 0.201. The van der Waals surface area contributed by atoms with Gasteiger partial charge in [-0.25, -0.2) is 0 Å². The van der Waals surface area contributed by atoms with Crippen LogP contribution in [-0.2, 0) is 5.41 Å².